The Labute approximate surface area is 98.1 Å². The van der Waals surface area contributed by atoms with Crippen molar-refractivity contribution in [3.63, 3.8) is 0 Å². The molecule has 1 aromatic rings. The van der Waals surface area contributed by atoms with Gasteiger partial charge in [-0.1, -0.05) is 12.2 Å². The van der Waals surface area contributed by atoms with Gasteiger partial charge >= 0.3 is 5.97 Å². The van der Waals surface area contributed by atoms with Gasteiger partial charge in [-0.2, -0.15) is 0 Å². The highest BCUT2D eigenvalue weighted by atomic mass is 19.2. The van der Waals surface area contributed by atoms with Gasteiger partial charge in [-0.25, -0.2) is 13.6 Å². The highest BCUT2D eigenvalue weighted by Gasteiger charge is 2.18. The minimum absolute atomic E-state index is 0.0156. The molecule has 1 N–H and O–H groups in total. The molecular formula is C12H13F2NO2. The van der Waals surface area contributed by atoms with Crippen molar-refractivity contribution in [2.75, 3.05) is 19.0 Å². The minimum Gasteiger partial charge on any atom is -0.465 e. The van der Waals surface area contributed by atoms with Gasteiger partial charge < -0.3 is 10.1 Å². The van der Waals surface area contributed by atoms with Crippen LogP contribution in [0.1, 0.15) is 17.3 Å². The maximum atomic E-state index is 13.5. The van der Waals surface area contributed by atoms with Crippen LogP contribution in [0.3, 0.4) is 0 Å². The van der Waals surface area contributed by atoms with Crippen LogP contribution in [0.5, 0.6) is 0 Å². The zero-order chi connectivity index (χ0) is 13.0. The largest absolute Gasteiger partial charge is 0.465 e. The number of esters is 1. The third-order valence-corrected chi connectivity index (χ3v) is 2.07. The van der Waals surface area contributed by atoms with Crippen LogP contribution < -0.4 is 5.32 Å². The van der Waals surface area contributed by atoms with Crippen LogP contribution in [-0.4, -0.2) is 19.6 Å². The molecular weight excluding hydrogens is 228 g/mol. The van der Waals surface area contributed by atoms with Crippen molar-refractivity contribution in [1.82, 2.24) is 0 Å². The molecule has 0 saturated heterocycles. The van der Waals surface area contributed by atoms with Crippen LogP contribution in [0.2, 0.25) is 0 Å². The summed E-state index contributed by atoms with van der Waals surface area (Å²) in [7, 11) is 1.10. The van der Waals surface area contributed by atoms with Crippen LogP contribution in [0.15, 0.2) is 24.3 Å². The summed E-state index contributed by atoms with van der Waals surface area (Å²) >= 11 is 0. The fourth-order valence-corrected chi connectivity index (χ4v) is 1.20. The molecule has 1 aromatic carbocycles. The van der Waals surface area contributed by atoms with E-state index in [4.69, 9.17) is 0 Å². The Kier molecular flexibility index (Phi) is 4.20. The lowest BCUT2D eigenvalue weighted by molar-refractivity contribution is 0.0594. The van der Waals surface area contributed by atoms with Gasteiger partial charge in [-0.3, -0.25) is 0 Å². The zero-order valence-electron chi connectivity index (χ0n) is 9.64. The molecule has 0 radical (unpaired) electrons. The van der Waals surface area contributed by atoms with Gasteiger partial charge in [-0.15, -0.1) is 0 Å². The predicted octanol–water partition coefficient (Wildman–Crippen LogP) is 2.74. The first-order valence-electron chi connectivity index (χ1n) is 4.92. The normalized spacial score (nSPS) is 9.88. The molecule has 0 saturated carbocycles. The Morgan fingerprint density at radius 1 is 1.41 bits per heavy atom. The third-order valence-electron chi connectivity index (χ3n) is 2.07. The monoisotopic (exact) mass is 241 g/mol. The number of benzene rings is 1. The van der Waals surface area contributed by atoms with Crippen LogP contribution in [0.25, 0.3) is 0 Å². The smallest absolute Gasteiger partial charge is 0.340 e. The molecule has 0 fully saturated rings. The van der Waals surface area contributed by atoms with Crippen LogP contribution in [-0.2, 0) is 4.74 Å². The molecule has 1 rings (SSSR count). The quantitative estimate of drug-likeness (QED) is 0.650. The van der Waals surface area contributed by atoms with E-state index in [1.165, 1.54) is 12.1 Å². The number of methoxy groups -OCH3 is 1. The number of hydrogen-bond acceptors (Lipinski definition) is 3. The molecule has 0 aliphatic heterocycles. The Morgan fingerprint density at radius 3 is 2.59 bits per heavy atom. The molecule has 0 amide bonds. The van der Waals surface area contributed by atoms with Gasteiger partial charge in [-0.05, 0) is 19.1 Å². The number of hydrogen-bond donors (Lipinski definition) is 1. The molecule has 0 unspecified atom stereocenters. The van der Waals surface area contributed by atoms with Crippen molar-refractivity contribution in [3.8, 4) is 0 Å². The van der Waals surface area contributed by atoms with Crippen LogP contribution >= 0.6 is 0 Å². The van der Waals surface area contributed by atoms with E-state index >= 15 is 0 Å². The Bertz CT molecular complexity index is 458. The van der Waals surface area contributed by atoms with Crippen LogP contribution in [0.4, 0.5) is 14.5 Å². The highest BCUT2D eigenvalue weighted by Crippen LogP contribution is 2.21. The number of ether oxygens (including phenoxy) is 1. The van der Waals surface area contributed by atoms with E-state index in [1.54, 1.807) is 6.92 Å². The molecule has 92 valence electrons. The Morgan fingerprint density at radius 2 is 2.06 bits per heavy atom. The Hall–Kier alpha value is -1.91. The van der Waals surface area contributed by atoms with Gasteiger partial charge in [0.2, 0.25) is 0 Å². The average molecular weight is 241 g/mol. The Balaban J connectivity index is 3.02. The summed E-state index contributed by atoms with van der Waals surface area (Å²) in [6.07, 6.45) is 0. The summed E-state index contributed by atoms with van der Waals surface area (Å²) in [5, 5.41) is 2.67. The lowest BCUT2D eigenvalue weighted by atomic mass is 10.1. The summed E-state index contributed by atoms with van der Waals surface area (Å²) in [4.78, 5) is 11.1. The van der Waals surface area contributed by atoms with Crippen LogP contribution in [0, 0.1) is 11.6 Å². The second-order valence-electron chi connectivity index (χ2n) is 3.59. The topological polar surface area (TPSA) is 38.3 Å². The number of nitrogens with one attached hydrogen (secondary N) is 1. The van der Waals surface area contributed by atoms with Crippen molar-refractivity contribution >= 4 is 11.7 Å². The fourth-order valence-electron chi connectivity index (χ4n) is 1.20. The number of carbonyl (C=O) groups excluding carboxylic acids is 1. The first kappa shape index (κ1) is 13.2. The molecule has 0 atom stereocenters. The van der Waals surface area contributed by atoms with Gasteiger partial charge in [0, 0.05) is 6.54 Å². The first-order valence-corrected chi connectivity index (χ1v) is 4.92. The van der Waals surface area contributed by atoms with Crippen molar-refractivity contribution in [1.29, 1.82) is 0 Å². The van der Waals surface area contributed by atoms with Crippen molar-refractivity contribution in [2.24, 2.45) is 0 Å². The third kappa shape index (κ3) is 3.03. The SMILES string of the molecule is C=C(C)CNc1ccc(C(=O)OC)c(F)c1F. The van der Waals surface area contributed by atoms with Crippen molar-refractivity contribution in [3.05, 3.63) is 41.5 Å². The second kappa shape index (κ2) is 5.43. The molecule has 0 bridgehead atoms. The molecule has 0 aliphatic rings. The minimum atomic E-state index is -1.22. The molecule has 0 heterocycles. The maximum Gasteiger partial charge on any atom is 0.340 e. The van der Waals surface area contributed by atoms with Crippen molar-refractivity contribution in [2.45, 2.75) is 6.92 Å². The van der Waals surface area contributed by atoms with Gasteiger partial charge in [0.25, 0.3) is 0 Å². The van der Waals surface area contributed by atoms with Gasteiger partial charge in [0.05, 0.1) is 18.4 Å². The molecule has 3 nitrogen and oxygen atoms in total. The van der Waals surface area contributed by atoms with E-state index in [0.29, 0.717) is 6.54 Å². The second-order valence-corrected chi connectivity index (χ2v) is 3.59. The number of carbonyl (C=O) groups is 1. The number of rotatable bonds is 4. The summed E-state index contributed by atoms with van der Waals surface area (Å²) in [5.41, 5.74) is 0.339. The van der Waals surface area contributed by atoms with Crippen molar-refractivity contribution < 1.29 is 18.3 Å². The number of halogens is 2. The molecule has 17 heavy (non-hydrogen) atoms. The van der Waals surface area contributed by atoms with E-state index in [9.17, 15) is 13.6 Å². The number of anilines is 1. The van der Waals surface area contributed by atoms with Gasteiger partial charge in [0.1, 0.15) is 0 Å². The molecule has 0 spiro atoms. The first-order chi connectivity index (χ1) is 7.97. The van der Waals surface area contributed by atoms with E-state index in [-0.39, 0.29) is 5.69 Å². The summed E-state index contributed by atoms with van der Waals surface area (Å²) in [6, 6.07) is 2.46. The van der Waals surface area contributed by atoms with Gasteiger partial charge in [0.15, 0.2) is 11.6 Å². The lowest BCUT2D eigenvalue weighted by Crippen LogP contribution is -2.10. The highest BCUT2D eigenvalue weighted by molar-refractivity contribution is 5.90. The predicted molar refractivity (Wildman–Crippen MR) is 61.0 cm³/mol. The summed E-state index contributed by atoms with van der Waals surface area (Å²) < 4.78 is 31.4. The molecule has 0 aromatic heterocycles. The zero-order valence-corrected chi connectivity index (χ0v) is 9.64. The molecule has 0 aliphatic carbocycles. The summed E-state index contributed by atoms with van der Waals surface area (Å²) in [6.45, 7) is 5.71. The fraction of sp³-hybridized carbons (Fsp3) is 0.250. The lowest BCUT2D eigenvalue weighted by Gasteiger charge is -2.09. The average Bonchev–Trinajstić information content (AvgIpc) is 2.30. The maximum absolute atomic E-state index is 13.5. The standard InChI is InChI=1S/C12H13F2NO2/c1-7(2)6-15-9-5-4-8(12(16)17-3)10(13)11(9)14/h4-5,15H,1,6H2,2-3H3. The van der Waals surface area contributed by atoms with E-state index < -0.39 is 23.2 Å². The van der Waals surface area contributed by atoms with E-state index in [1.807, 2.05) is 0 Å². The van der Waals surface area contributed by atoms with E-state index in [0.717, 1.165) is 12.7 Å². The molecule has 5 heteroatoms. The summed E-state index contributed by atoms with van der Waals surface area (Å²) in [5.74, 6) is -3.23. The van der Waals surface area contributed by atoms with E-state index in [2.05, 4.69) is 16.6 Å².